The Hall–Kier alpha value is -1.07. The summed E-state index contributed by atoms with van der Waals surface area (Å²) >= 11 is 5.78. The van der Waals surface area contributed by atoms with Crippen LogP contribution in [0.25, 0.3) is 0 Å². The summed E-state index contributed by atoms with van der Waals surface area (Å²) in [5.41, 5.74) is -0.334. The third-order valence-electron chi connectivity index (χ3n) is 3.98. The van der Waals surface area contributed by atoms with Crippen LogP contribution < -0.4 is 11.2 Å². The molecular formula is C13H20ClN3O2. The third kappa shape index (κ3) is 3.09. The number of halogens is 1. The molecule has 1 aliphatic carbocycles. The second kappa shape index (κ2) is 5.92. The number of H-pyrrole nitrogens is 1. The summed E-state index contributed by atoms with van der Waals surface area (Å²) < 4.78 is 1.23. The fourth-order valence-corrected chi connectivity index (χ4v) is 2.79. The van der Waals surface area contributed by atoms with Gasteiger partial charge in [0.05, 0.1) is 0 Å². The van der Waals surface area contributed by atoms with Gasteiger partial charge in [-0.25, -0.2) is 4.79 Å². The van der Waals surface area contributed by atoms with Crippen molar-refractivity contribution in [2.75, 3.05) is 13.6 Å². The van der Waals surface area contributed by atoms with Crippen LogP contribution in [0.5, 0.6) is 0 Å². The molecule has 5 nitrogen and oxygen atoms in total. The maximum atomic E-state index is 12.0. The zero-order valence-corrected chi connectivity index (χ0v) is 12.2. The average molecular weight is 286 g/mol. The molecule has 0 spiro atoms. The molecule has 6 heteroatoms. The molecule has 19 heavy (non-hydrogen) atoms. The van der Waals surface area contributed by atoms with Gasteiger partial charge in [0.2, 0.25) is 0 Å². The van der Waals surface area contributed by atoms with E-state index in [1.807, 2.05) is 0 Å². The fraction of sp³-hybridized carbons (Fsp3) is 0.692. The van der Waals surface area contributed by atoms with E-state index in [2.05, 4.69) is 16.9 Å². The van der Waals surface area contributed by atoms with Crippen LogP contribution in [0, 0.1) is 6.92 Å². The van der Waals surface area contributed by atoms with Gasteiger partial charge in [-0.15, -0.1) is 0 Å². The van der Waals surface area contributed by atoms with Crippen molar-refractivity contribution in [3.63, 3.8) is 0 Å². The minimum absolute atomic E-state index is 0.135. The van der Waals surface area contributed by atoms with Gasteiger partial charge < -0.3 is 4.90 Å². The van der Waals surface area contributed by atoms with Crippen LogP contribution in [0.2, 0.25) is 5.15 Å². The highest BCUT2D eigenvalue weighted by atomic mass is 35.5. The Balaban J connectivity index is 2.09. The molecule has 0 radical (unpaired) electrons. The minimum atomic E-state index is -0.430. The number of rotatable bonds is 4. The molecule has 1 aromatic rings. The van der Waals surface area contributed by atoms with Crippen molar-refractivity contribution in [2.45, 2.75) is 45.2 Å². The lowest BCUT2D eigenvalue weighted by Crippen LogP contribution is -2.41. The van der Waals surface area contributed by atoms with E-state index >= 15 is 0 Å². The number of likely N-dealkylation sites (N-methyl/N-ethyl adjacent to an activating group) is 1. The van der Waals surface area contributed by atoms with E-state index in [4.69, 9.17) is 11.6 Å². The molecule has 0 saturated heterocycles. The molecule has 1 saturated carbocycles. The number of nitrogens with one attached hydrogen (secondary N) is 1. The number of hydrogen-bond acceptors (Lipinski definition) is 3. The molecule has 1 aromatic heterocycles. The van der Waals surface area contributed by atoms with E-state index in [-0.39, 0.29) is 10.7 Å². The molecule has 1 fully saturated rings. The molecular weight excluding hydrogens is 266 g/mol. The van der Waals surface area contributed by atoms with Crippen molar-refractivity contribution in [3.05, 3.63) is 31.6 Å². The van der Waals surface area contributed by atoms with Gasteiger partial charge in [0.15, 0.2) is 0 Å². The SMILES string of the molecule is Cc1c(Cl)[nH]c(=O)n(CCN(C)C2CCCC2)c1=O. The van der Waals surface area contributed by atoms with Crippen LogP contribution in [0.3, 0.4) is 0 Å². The van der Waals surface area contributed by atoms with Crippen LogP contribution in [-0.4, -0.2) is 34.1 Å². The number of hydrogen-bond donors (Lipinski definition) is 1. The topological polar surface area (TPSA) is 58.1 Å². The number of aromatic amines is 1. The van der Waals surface area contributed by atoms with Gasteiger partial charge in [0, 0.05) is 24.7 Å². The summed E-state index contributed by atoms with van der Waals surface area (Å²) in [7, 11) is 2.05. The van der Waals surface area contributed by atoms with Crippen molar-refractivity contribution in [1.29, 1.82) is 0 Å². The highest BCUT2D eigenvalue weighted by Gasteiger charge is 2.19. The average Bonchev–Trinajstić information content (AvgIpc) is 2.89. The van der Waals surface area contributed by atoms with Crippen LogP contribution >= 0.6 is 11.6 Å². The Morgan fingerprint density at radius 3 is 2.63 bits per heavy atom. The van der Waals surface area contributed by atoms with Crippen molar-refractivity contribution >= 4 is 11.6 Å². The summed E-state index contributed by atoms with van der Waals surface area (Å²) in [4.78, 5) is 28.5. The van der Waals surface area contributed by atoms with Crippen LogP contribution in [-0.2, 0) is 6.54 Å². The van der Waals surface area contributed by atoms with Crippen molar-refractivity contribution in [3.8, 4) is 0 Å². The maximum absolute atomic E-state index is 12.0. The van der Waals surface area contributed by atoms with Crippen molar-refractivity contribution in [2.24, 2.45) is 0 Å². The van der Waals surface area contributed by atoms with Gasteiger partial charge in [-0.1, -0.05) is 24.4 Å². The van der Waals surface area contributed by atoms with Crippen molar-refractivity contribution < 1.29 is 0 Å². The molecule has 0 bridgehead atoms. The summed E-state index contributed by atoms with van der Waals surface area (Å²) in [5.74, 6) is 0. The molecule has 1 aliphatic rings. The first-order valence-electron chi connectivity index (χ1n) is 6.70. The van der Waals surface area contributed by atoms with E-state index in [0.29, 0.717) is 24.7 Å². The molecule has 0 atom stereocenters. The first kappa shape index (κ1) is 14.3. The zero-order chi connectivity index (χ0) is 14.0. The molecule has 0 aromatic carbocycles. The second-order valence-electron chi connectivity index (χ2n) is 5.24. The van der Waals surface area contributed by atoms with Gasteiger partial charge in [0.25, 0.3) is 5.56 Å². The quantitative estimate of drug-likeness (QED) is 0.850. The smallest absolute Gasteiger partial charge is 0.302 e. The van der Waals surface area contributed by atoms with Gasteiger partial charge in [0.1, 0.15) is 5.15 Å². The van der Waals surface area contributed by atoms with Crippen LogP contribution in [0.1, 0.15) is 31.2 Å². The van der Waals surface area contributed by atoms with E-state index in [1.54, 1.807) is 6.92 Å². The summed E-state index contributed by atoms with van der Waals surface area (Å²) in [6, 6.07) is 0.586. The predicted molar refractivity (Wildman–Crippen MR) is 76.0 cm³/mol. The fourth-order valence-electron chi connectivity index (χ4n) is 2.63. The second-order valence-corrected chi connectivity index (χ2v) is 5.62. The predicted octanol–water partition coefficient (Wildman–Crippen LogP) is 1.37. The third-order valence-corrected chi connectivity index (χ3v) is 4.36. The Labute approximate surface area is 117 Å². The summed E-state index contributed by atoms with van der Waals surface area (Å²) in [5, 5.41) is 0.135. The largest absolute Gasteiger partial charge is 0.329 e. The summed E-state index contributed by atoms with van der Waals surface area (Å²) in [6.45, 7) is 2.73. The van der Waals surface area contributed by atoms with E-state index in [1.165, 1.54) is 30.3 Å². The number of nitrogens with zero attached hydrogens (tertiary/aromatic N) is 2. The summed E-state index contributed by atoms with van der Waals surface area (Å²) in [6.07, 6.45) is 4.97. The first-order valence-corrected chi connectivity index (χ1v) is 7.08. The van der Waals surface area contributed by atoms with Crippen LogP contribution in [0.15, 0.2) is 9.59 Å². The van der Waals surface area contributed by atoms with Gasteiger partial charge in [-0.3, -0.25) is 14.3 Å². The molecule has 0 aliphatic heterocycles. The molecule has 1 heterocycles. The van der Waals surface area contributed by atoms with Crippen molar-refractivity contribution in [1.82, 2.24) is 14.5 Å². The lowest BCUT2D eigenvalue weighted by molar-refractivity contribution is 0.234. The van der Waals surface area contributed by atoms with Gasteiger partial charge in [-0.2, -0.15) is 0 Å². The molecule has 0 unspecified atom stereocenters. The standard InChI is InChI=1S/C13H20ClN3O2/c1-9-11(14)15-13(19)17(12(9)18)8-7-16(2)10-5-3-4-6-10/h10H,3-8H2,1-2H3,(H,15,19). The maximum Gasteiger partial charge on any atom is 0.329 e. The Morgan fingerprint density at radius 2 is 2.00 bits per heavy atom. The highest BCUT2D eigenvalue weighted by molar-refractivity contribution is 6.30. The Morgan fingerprint density at radius 1 is 1.37 bits per heavy atom. The number of aromatic nitrogens is 2. The minimum Gasteiger partial charge on any atom is -0.302 e. The van der Waals surface area contributed by atoms with Gasteiger partial charge >= 0.3 is 5.69 Å². The molecule has 106 valence electrons. The normalized spacial score (nSPS) is 16.4. The first-order chi connectivity index (χ1) is 9.00. The monoisotopic (exact) mass is 285 g/mol. The van der Waals surface area contributed by atoms with Crippen LogP contribution in [0.4, 0.5) is 0 Å². The van der Waals surface area contributed by atoms with E-state index in [9.17, 15) is 9.59 Å². The zero-order valence-electron chi connectivity index (χ0n) is 11.4. The Bertz CT molecular complexity index is 558. The van der Waals surface area contributed by atoms with E-state index < -0.39 is 5.69 Å². The van der Waals surface area contributed by atoms with Gasteiger partial charge in [-0.05, 0) is 26.8 Å². The lowest BCUT2D eigenvalue weighted by Gasteiger charge is -2.24. The Kier molecular flexibility index (Phi) is 4.47. The van der Waals surface area contributed by atoms with E-state index in [0.717, 1.165) is 0 Å². The molecule has 1 N–H and O–H groups in total. The highest BCUT2D eigenvalue weighted by Crippen LogP contribution is 2.21. The molecule has 2 rings (SSSR count). The molecule has 0 amide bonds. The lowest BCUT2D eigenvalue weighted by atomic mass is 10.2.